The largest absolute Gasteiger partial charge is 0.497 e. The summed E-state index contributed by atoms with van der Waals surface area (Å²) in [4.78, 5) is 32.9. The molecule has 5 rings (SSSR count). The van der Waals surface area contributed by atoms with Crippen molar-refractivity contribution in [2.24, 2.45) is 4.99 Å². The van der Waals surface area contributed by atoms with Crippen LogP contribution in [0.3, 0.4) is 0 Å². The molecule has 0 radical (unpaired) electrons. The number of amides is 1. The van der Waals surface area contributed by atoms with Gasteiger partial charge >= 0.3 is 0 Å². The number of rotatable bonds is 6. The Labute approximate surface area is 256 Å². The lowest BCUT2D eigenvalue weighted by Crippen LogP contribution is -2.40. The Hall–Kier alpha value is -2.97. The van der Waals surface area contributed by atoms with E-state index in [1.165, 1.54) is 11.3 Å². The van der Waals surface area contributed by atoms with Crippen molar-refractivity contribution >= 4 is 74.2 Å². The first-order valence-electron chi connectivity index (χ1n) is 11.9. The lowest BCUT2D eigenvalue weighted by atomic mass is 9.95. The molecule has 1 N–H and O–H groups in total. The molecule has 1 amide bonds. The molecule has 7 nitrogen and oxygen atoms in total. The van der Waals surface area contributed by atoms with Crippen LogP contribution in [-0.4, -0.2) is 24.7 Å². The average molecular weight is 763 g/mol. The monoisotopic (exact) mass is 763 g/mol. The van der Waals surface area contributed by atoms with Crippen LogP contribution in [0.25, 0.3) is 6.08 Å². The number of methoxy groups -OCH3 is 2. The van der Waals surface area contributed by atoms with E-state index in [2.05, 4.69) is 50.5 Å². The molecular formula is C29H23I2N3O4S. The van der Waals surface area contributed by atoms with Crippen molar-refractivity contribution < 1.29 is 14.3 Å². The third-order valence-electron chi connectivity index (χ3n) is 6.23. The van der Waals surface area contributed by atoms with Crippen molar-refractivity contribution in [2.75, 3.05) is 19.5 Å². The van der Waals surface area contributed by atoms with E-state index in [0.717, 1.165) is 24.0 Å². The van der Waals surface area contributed by atoms with E-state index in [-0.39, 0.29) is 11.5 Å². The summed E-state index contributed by atoms with van der Waals surface area (Å²) in [5.41, 5.74) is 3.03. The summed E-state index contributed by atoms with van der Waals surface area (Å²) in [6.45, 7) is 1.80. The normalized spacial score (nSPS) is 15.0. The second kappa shape index (κ2) is 11.6. The number of para-hydroxylation sites is 1. The lowest BCUT2D eigenvalue weighted by Gasteiger charge is -2.25. The molecule has 4 aromatic rings. The minimum absolute atomic E-state index is 0.218. The highest BCUT2D eigenvalue weighted by Crippen LogP contribution is 2.33. The molecule has 1 atom stereocenters. The van der Waals surface area contributed by atoms with Gasteiger partial charge in [0.1, 0.15) is 11.5 Å². The predicted molar refractivity (Wildman–Crippen MR) is 170 cm³/mol. The zero-order chi connectivity index (χ0) is 27.7. The first-order chi connectivity index (χ1) is 18.8. The van der Waals surface area contributed by atoms with Gasteiger partial charge in [-0.15, -0.1) is 0 Å². The zero-order valence-electron chi connectivity index (χ0n) is 21.2. The van der Waals surface area contributed by atoms with Crippen LogP contribution in [0, 0.1) is 7.14 Å². The van der Waals surface area contributed by atoms with Crippen LogP contribution in [0.2, 0.25) is 0 Å². The van der Waals surface area contributed by atoms with Crippen molar-refractivity contribution in [1.29, 1.82) is 0 Å². The summed E-state index contributed by atoms with van der Waals surface area (Å²) < 4.78 is 15.0. The molecule has 198 valence electrons. The van der Waals surface area contributed by atoms with Crippen LogP contribution >= 0.6 is 56.5 Å². The standard InChI is InChI=1S/C29H23I2N3O4S/c1-16-24(27(35)33-19-9-5-4-6-10-19)25(18-8-7-11-20(15-18)37-2)34-28(36)23(39-29(34)32-16)14-17-12-21(30)26(38-3)22(31)13-17/h4-15,25H,1-3H3,(H,33,35)/b23-14-. The minimum atomic E-state index is -0.682. The Bertz CT molecular complexity index is 1770. The number of aromatic nitrogens is 1. The number of allylic oxidation sites excluding steroid dienone is 1. The first kappa shape index (κ1) is 27.6. The Balaban J connectivity index is 1.69. The summed E-state index contributed by atoms with van der Waals surface area (Å²) in [6, 6.07) is 19.9. The number of benzene rings is 3. The topological polar surface area (TPSA) is 81.9 Å². The van der Waals surface area contributed by atoms with E-state index in [0.29, 0.717) is 32.0 Å². The fourth-order valence-corrected chi connectivity index (χ4v) is 7.77. The molecule has 0 aliphatic carbocycles. The maximum Gasteiger partial charge on any atom is 0.271 e. The smallest absolute Gasteiger partial charge is 0.271 e. The van der Waals surface area contributed by atoms with Gasteiger partial charge in [0.25, 0.3) is 11.5 Å². The first-order valence-corrected chi connectivity index (χ1v) is 14.8. The molecule has 0 saturated heterocycles. The highest BCUT2D eigenvalue weighted by molar-refractivity contribution is 14.1. The molecule has 39 heavy (non-hydrogen) atoms. The van der Waals surface area contributed by atoms with Crippen molar-refractivity contribution in [1.82, 2.24) is 4.57 Å². The van der Waals surface area contributed by atoms with Gasteiger partial charge in [-0.3, -0.25) is 14.2 Å². The maximum atomic E-state index is 14.0. The fraction of sp³-hybridized carbons (Fsp3) is 0.138. The molecule has 2 heterocycles. The number of carbonyl (C=O) groups excluding carboxylic acids is 1. The lowest BCUT2D eigenvalue weighted by molar-refractivity contribution is -0.113. The third-order valence-corrected chi connectivity index (χ3v) is 8.82. The van der Waals surface area contributed by atoms with Gasteiger partial charge in [-0.2, -0.15) is 0 Å². The van der Waals surface area contributed by atoms with E-state index < -0.39 is 6.04 Å². The van der Waals surface area contributed by atoms with Crippen molar-refractivity contribution in [3.05, 3.63) is 116 Å². The number of nitrogens with one attached hydrogen (secondary N) is 1. The SMILES string of the molecule is COc1cccc(C2C(C(=O)Nc3ccccc3)=C(C)N=c3s/c(=C\c4cc(I)c(OC)c(I)c4)c(=O)n32)c1. The molecule has 0 spiro atoms. The van der Waals surface area contributed by atoms with Crippen LogP contribution in [0.5, 0.6) is 11.5 Å². The van der Waals surface area contributed by atoms with Crippen LogP contribution in [0.15, 0.2) is 87.8 Å². The number of anilines is 1. The maximum absolute atomic E-state index is 14.0. The van der Waals surface area contributed by atoms with Crippen LogP contribution in [-0.2, 0) is 4.79 Å². The number of nitrogens with zero attached hydrogens (tertiary/aromatic N) is 2. The zero-order valence-corrected chi connectivity index (χ0v) is 26.3. The molecule has 1 aliphatic rings. The molecule has 3 aromatic carbocycles. The Morgan fingerprint density at radius 1 is 1.03 bits per heavy atom. The number of ether oxygens (including phenoxy) is 2. The van der Waals surface area contributed by atoms with E-state index in [4.69, 9.17) is 14.5 Å². The summed E-state index contributed by atoms with van der Waals surface area (Å²) in [5, 5.41) is 2.97. The van der Waals surface area contributed by atoms with E-state index in [1.54, 1.807) is 25.7 Å². The van der Waals surface area contributed by atoms with Gasteiger partial charge in [-0.1, -0.05) is 41.7 Å². The van der Waals surface area contributed by atoms with Crippen LogP contribution < -0.4 is 29.7 Å². The van der Waals surface area contributed by atoms with Crippen molar-refractivity contribution in [3.8, 4) is 11.5 Å². The molecule has 0 bridgehead atoms. The molecular weight excluding hydrogens is 740 g/mol. The van der Waals surface area contributed by atoms with E-state index >= 15 is 0 Å². The summed E-state index contributed by atoms with van der Waals surface area (Å²) in [5.74, 6) is 1.12. The average Bonchev–Trinajstić information content (AvgIpc) is 3.22. The van der Waals surface area contributed by atoms with Crippen molar-refractivity contribution in [3.63, 3.8) is 0 Å². The van der Waals surface area contributed by atoms with Gasteiger partial charge in [0.15, 0.2) is 4.80 Å². The molecule has 1 aliphatic heterocycles. The van der Waals surface area contributed by atoms with Gasteiger partial charge in [0.05, 0.1) is 43.2 Å². The summed E-state index contributed by atoms with van der Waals surface area (Å²) in [7, 11) is 3.23. The summed E-state index contributed by atoms with van der Waals surface area (Å²) in [6.07, 6.45) is 1.86. The van der Waals surface area contributed by atoms with Crippen LogP contribution in [0.1, 0.15) is 24.1 Å². The second-order valence-electron chi connectivity index (χ2n) is 8.70. The highest BCUT2D eigenvalue weighted by atomic mass is 127. The molecule has 1 aromatic heterocycles. The Morgan fingerprint density at radius 2 is 1.74 bits per heavy atom. The Kier molecular flexibility index (Phi) is 8.24. The fourth-order valence-electron chi connectivity index (χ4n) is 4.47. The number of thiazole rings is 1. The molecule has 0 fully saturated rings. The number of halogens is 2. The van der Waals surface area contributed by atoms with Gasteiger partial charge in [0, 0.05) is 5.69 Å². The number of fused-ring (bicyclic) bond motifs is 1. The van der Waals surface area contributed by atoms with E-state index in [9.17, 15) is 9.59 Å². The molecule has 1 unspecified atom stereocenters. The predicted octanol–water partition coefficient (Wildman–Crippen LogP) is 5.10. The Morgan fingerprint density at radius 3 is 2.41 bits per heavy atom. The van der Waals surface area contributed by atoms with Gasteiger partial charge in [-0.25, -0.2) is 4.99 Å². The van der Waals surface area contributed by atoms with Gasteiger partial charge in [-0.05, 0) is 106 Å². The number of hydrogen-bond donors (Lipinski definition) is 1. The van der Waals surface area contributed by atoms with Gasteiger partial charge < -0.3 is 14.8 Å². The van der Waals surface area contributed by atoms with Crippen molar-refractivity contribution in [2.45, 2.75) is 13.0 Å². The molecule has 0 saturated carbocycles. The summed E-state index contributed by atoms with van der Waals surface area (Å²) >= 11 is 5.76. The highest BCUT2D eigenvalue weighted by Gasteiger charge is 2.32. The number of carbonyl (C=O) groups is 1. The quantitative estimate of drug-likeness (QED) is 0.278. The minimum Gasteiger partial charge on any atom is -0.497 e. The second-order valence-corrected chi connectivity index (χ2v) is 12.0. The third kappa shape index (κ3) is 5.54. The van der Waals surface area contributed by atoms with Gasteiger partial charge in [0.2, 0.25) is 0 Å². The number of hydrogen-bond acceptors (Lipinski definition) is 6. The van der Waals surface area contributed by atoms with Crippen LogP contribution in [0.4, 0.5) is 5.69 Å². The van der Waals surface area contributed by atoms with E-state index in [1.807, 2.05) is 72.8 Å². The molecule has 10 heteroatoms.